The van der Waals surface area contributed by atoms with Crippen molar-refractivity contribution in [2.75, 3.05) is 7.11 Å². The van der Waals surface area contributed by atoms with Crippen LogP contribution < -0.4 is 4.74 Å². The maximum Gasteiger partial charge on any atom is 0.197 e. The third-order valence-corrected chi connectivity index (χ3v) is 8.44. The molecule has 0 aliphatic carbocycles. The van der Waals surface area contributed by atoms with E-state index < -0.39 is 0 Å². The highest BCUT2D eigenvalue weighted by atomic mass is 32.2. The van der Waals surface area contributed by atoms with Gasteiger partial charge in [0.05, 0.1) is 7.11 Å². The molecule has 0 fully saturated rings. The molecule has 0 bridgehead atoms. The standard InChI is InChI=1S/C29H25N3O2S/c1-18-27-24(12-14-32(27)29(2,35-18)21-5-4-13-30-16-21)28(33)25-17-31-26-15-20(8-11-23(25)26)19-6-9-22(34-3)10-7-19/h4-18,31H,1-3H3. The lowest BCUT2D eigenvalue weighted by Gasteiger charge is -2.26. The van der Waals surface area contributed by atoms with Crippen molar-refractivity contribution in [3.8, 4) is 16.9 Å². The summed E-state index contributed by atoms with van der Waals surface area (Å²) in [4.78, 5) is 21.1. The first kappa shape index (κ1) is 21.7. The van der Waals surface area contributed by atoms with E-state index in [1.807, 2.05) is 72.8 Å². The van der Waals surface area contributed by atoms with E-state index >= 15 is 0 Å². The van der Waals surface area contributed by atoms with Crippen LogP contribution in [0.15, 0.2) is 85.5 Å². The highest BCUT2D eigenvalue weighted by molar-refractivity contribution is 8.00. The summed E-state index contributed by atoms with van der Waals surface area (Å²) in [6.45, 7) is 4.37. The van der Waals surface area contributed by atoms with E-state index in [-0.39, 0.29) is 15.9 Å². The number of pyridine rings is 1. The first-order valence-corrected chi connectivity index (χ1v) is 12.5. The van der Waals surface area contributed by atoms with E-state index in [9.17, 15) is 4.79 Å². The number of fused-ring (bicyclic) bond motifs is 2. The summed E-state index contributed by atoms with van der Waals surface area (Å²) in [5.41, 5.74) is 6.78. The Morgan fingerprint density at radius 2 is 1.89 bits per heavy atom. The molecular formula is C29H25N3O2S. The number of nitrogens with one attached hydrogen (secondary N) is 1. The number of carbonyl (C=O) groups is 1. The molecule has 0 saturated carbocycles. The summed E-state index contributed by atoms with van der Waals surface area (Å²) < 4.78 is 7.51. The molecular weight excluding hydrogens is 454 g/mol. The minimum absolute atomic E-state index is 0.0464. The third kappa shape index (κ3) is 3.40. The zero-order valence-corrected chi connectivity index (χ0v) is 20.6. The van der Waals surface area contributed by atoms with Crippen LogP contribution in [-0.4, -0.2) is 27.4 Å². The SMILES string of the molecule is COc1ccc(-c2ccc3c(C(=O)c4ccn5c4C(C)SC5(C)c4cccnc4)c[nH]c3c2)cc1. The second-order valence-corrected chi connectivity index (χ2v) is 10.7. The van der Waals surface area contributed by atoms with Crippen molar-refractivity contribution in [3.63, 3.8) is 0 Å². The molecule has 1 aliphatic heterocycles. The second kappa shape index (κ2) is 8.17. The van der Waals surface area contributed by atoms with Crippen LogP contribution in [0.25, 0.3) is 22.0 Å². The Labute approximate surface area is 208 Å². The lowest BCUT2D eigenvalue weighted by Crippen LogP contribution is -2.23. The number of thioether (sulfide) groups is 1. The molecule has 0 spiro atoms. The van der Waals surface area contributed by atoms with Gasteiger partial charge in [-0.25, -0.2) is 0 Å². The number of hydrogen-bond donors (Lipinski definition) is 1. The number of H-pyrrole nitrogens is 1. The Bertz CT molecular complexity index is 1550. The van der Waals surface area contributed by atoms with Crippen molar-refractivity contribution in [1.29, 1.82) is 0 Å². The van der Waals surface area contributed by atoms with Crippen molar-refractivity contribution in [2.24, 2.45) is 0 Å². The number of methoxy groups -OCH3 is 1. The average Bonchev–Trinajstić information content (AvgIpc) is 3.59. The molecule has 6 rings (SSSR count). The van der Waals surface area contributed by atoms with E-state index in [0.717, 1.165) is 44.6 Å². The number of ketones is 1. The average molecular weight is 480 g/mol. The summed E-state index contributed by atoms with van der Waals surface area (Å²) in [6.07, 6.45) is 7.58. The molecule has 4 heterocycles. The van der Waals surface area contributed by atoms with Crippen molar-refractivity contribution < 1.29 is 9.53 Å². The molecule has 1 N–H and O–H groups in total. The van der Waals surface area contributed by atoms with Crippen LogP contribution in [0.3, 0.4) is 0 Å². The lowest BCUT2D eigenvalue weighted by molar-refractivity contribution is 0.103. The first-order valence-electron chi connectivity index (χ1n) is 11.6. The van der Waals surface area contributed by atoms with Gasteiger partial charge in [0.15, 0.2) is 5.78 Å². The van der Waals surface area contributed by atoms with Crippen LogP contribution >= 0.6 is 11.8 Å². The van der Waals surface area contributed by atoms with E-state index in [0.29, 0.717) is 5.56 Å². The van der Waals surface area contributed by atoms with Crippen LogP contribution in [0.4, 0.5) is 0 Å². The van der Waals surface area contributed by atoms with Crippen molar-refractivity contribution >= 4 is 28.4 Å². The number of carbonyl (C=O) groups excluding carboxylic acids is 1. The predicted molar refractivity (Wildman–Crippen MR) is 141 cm³/mol. The Hall–Kier alpha value is -3.77. The van der Waals surface area contributed by atoms with Crippen molar-refractivity contribution in [1.82, 2.24) is 14.5 Å². The van der Waals surface area contributed by atoms with E-state index in [1.165, 1.54) is 0 Å². The number of hydrogen-bond acceptors (Lipinski definition) is 4. The quantitative estimate of drug-likeness (QED) is 0.282. The summed E-state index contributed by atoms with van der Waals surface area (Å²) >= 11 is 1.84. The summed E-state index contributed by atoms with van der Waals surface area (Å²) in [5.74, 6) is 0.875. The Morgan fingerprint density at radius 3 is 2.63 bits per heavy atom. The Kier molecular flexibility index (Phi) is 5.07. The molecule has 0 radical (unpaired) electrons. The van der Waals surface area contributed by atoms with Gasteiger partial charge in [-0.1, -0.05) is 30.3 Å². The number of nitrogens with zero attached hydrogens (tertiary/aromatic N) is 2. The molecule has 2 atom stereocenters. The van der Waals surface area contributed by atoms with Gasteiger partial charge in [-0.05, 0) is 55.3 Å². The Balaban J connectivity index is 1.37. The van der Waals surface area contributed by atoms with E-state index in [2.05, 4.69) is 46.6 Å². The first-order chi connectivity index (χ1) is 17.0. The van der Waals surface area contributed by atoms with Crippen LogP contribution in [0.5, 0.6) is 5.75 Å². The molecule has 1 aliphatic rings. The van der Waals surface area contributed by atoms with Crippen molar-refractivity contribution in [2.45, 2.75) is 24.0 Å². The smallest absolute Gasteiger partial charge is 0.197 e. The maximum absolute atomic E-state index is 13.8. The van der Waals surface area contributed by atoms with Gasteiger partial charge >= 0.3 is 0 Å². The highest BCUT2D eigenvalue weighted by Gasteiger charge is 2.42. The molecule has 2 unspecified atom stereocenters. The van der Waals surface area contributed by atoms with Crippen LogP contribution in [0.1, 0.15) is 46.3 Å². The number of ether oxygens (including phenoxy) is 1. The van der Waals surface area contributed by atoms with E-state index in [1.54, 1.807) is 13.3 Å². The number of rotatable bonds is 5. The fraction of sp³-hybridized carbons (Fsp3) is 0.172. The number of benzene rings is 2. The normalized spacial score (nSPS) is 19.1. The highest BCUT2D eigenvalue weighted by Crippen LogP contribution is 2.54. The number of aromatic amines is 1. The van der Waals surface area contributed by atoms with Crippen LogP contribution in [0, 0.1) is 0 Å². The van der Waals surface area contributed by atoms with Crippen LogP contribution in [-0.2, 0) is 4.87 Å². The second-order valence-electron chi connectivity index (χ2n) is 8.99. The minimum Gasteiger partial charge on any atom is -0.497 e. The maximum atomic E-state index is 13.8. The zero-order valence-electron chi connectivity index (χ0n) is 19.8. The van der Waals surface area contributed by atoms with Gasteiger partial charge in [0, 0.05) is 63.3 Å². The van der Waals surface area contributed by atoms with Gasteiger partial charge in [0.2, 0.25) is 0 Å². The molecule has 2 aromatic carbocycles. The van der Waals surface area contributed by atoms with Crippen molar-refractivity contribution in [3.05, 3.63) is 108 Å². The minimum atomic E-state index is -0.297. The van der Waals surface area contributed by atoms with Gasteiger partial charge in [0.1, 0.15) is 10.6 Å². The van der Waals surface area contributed by atoms with E-state index in [4.69, 9.17) is 4.74 Å². The van der Waals surface area contributed by atoms with Crippen LogP contribution in [0.2, 0.25) is 0 Å². The van der Waals surface area contributed by atoms with Gasteiger partial charge < -0.3 is 14.3 Å². The fourth-order valence-electron chi connectivity index (χ4n) is 5.15. The monoisotopic (exact) mass is 479 g/mol. The van der Waals surface area contributed by atoms with Gasteiger partial charge in [-0.15, -0.1) is 11.8 Å². The summed E-state index contributed by atoms with van der Waals surface area (Å²) in [7, 11) is 1.66. The van der Waals surface area contributed by atoms with Gasteiger partial charge in [-0.3, -0.25) is 9.78 Å². The van der Waals surface area contributed by atoms with Gasteiger partial charge in [-0.2, -0.15) is 0 Å². The molecule has 5 nitrogen and oxygen atoms in total. The topological polar surface area (TPSA) is 59.9 Å². The fourth-order valence-corrected chi connectivity index (χ4v) is 6.72. The number of aromatic nitrogens is 3. The lowest BCUT2D eigenvalue weighted by atomic mass is 9.99. The summed E-state index contributed by atoms with van der Waals surface area (Å²) in [5, 5.41) is 1.11. The van der Waals surface area contributed by atoms with Gasteiger partial charge in [0.25, 0.3) is 0 Å². The molecule has 5 aromatic rings. The molecule has 174 valence electrons. The zero-order chi connectivity index (χ0) is 24.2. The molecule has 35 heavy (non-hydrogen) atoms. The predicted octanol–water partition coefficient (Wildman–Crippen LogP) is 6.80. The molecule has 0 saturated heterocycles. The largest absolute Gasteiger partial charge is 0.497 e. The summed E-state index contributed by atoms with van der Waals surface area (Å²) in [6, 6.07) is 20.2. The molecule has 6 heteroatoms. The molecule has 3 aromatic heterocycles. The Morgan fingerprint density at radius 1 is 1.09 bits per heavy atom. The third-order valence-electron chi connectivity index (χ3n) is 6.97. The molecule has 0 amide bonds.